The van der Waals surface area contributed by atoms with Crippen molar-refractivity contribution in [1.29, 1.82) is 0 Å². The minimum absolute atomic E-state index is 0.277. The van der Waals surface area contributed by atoms with Gasteiger partial charge in [0.25, 0.3) is 0 Å². The van der Waals surface area contributed by atoms with Gasteiger partial charge in [-0.15, -0.1) is 0 Å². The van der Waals surface area contributed by atoms with Crippen molar-refractivity contribution in [2.24, 2.45) is 7.05 Å². The highest BCUT2D eigenvalue weighted by atomic mass is 16.2. The summed E-state index contributed by atoms with van der Waals surface area (Å²) in [6.07, 6.45) is 5.38. The Balaban J connectivity index is 1.40. The van der Waals surface area contributed by atoms with Crippen molar-refractivity contribution in [2.75, 3.05) is 32.1 Å². The number of likely N-dealkylation sites (tertiary alicyclic amines) is 1. The van der Waals surface area contributed by atoms with E-state index in [1.807, 2.05) is 55.3 Å². The summed E-state index contributed by atoms with van der Waals surface area (Å²) in [6.45, 7) is 2.50. The number of piperidine rings is 1. The fraction of sp³-hybridized carbons (Fsp3) is 0.524. The molecule has 0 bridgehead atoms. The molecule has 1 N–H and O–H groups in total. The van der Waals surface area contributed by atoms with Gasteiger partial charge in [0.05, 0.1) is 11.9 Å². The molecule has 0 atom stereocenters. The lowest BCUT2D eigenvalue weighted by atomic mass is 10.0. The highest BCUT2D eigenvalue weighted by Gasteiger charge is 2.22. The molecule has 0 unspecified atom stereocenters. The van der Waals surface area contributed by atoms with E-state index >= 15 is 0 Å². The molecule has 6 heteroatoms. The van der Waals surface area contributed by atoms with Crippen LogP contribution in [0.3, 0.4) is 0 Å². The number of benzene rings is 1. The van der Waals surface area contributed by atoms with Crippen molar-refractivity contribution in [3.63, 3.8) is 0 Å². The van der Waals surface area contributed by atoms with Gasteiger partial charge in [0.15, 0.2) is 0 Å². The molecule has 1 amide bonds. The maximum Gasteiger partial charge on any atom is 0.222 e. The molecule has 6 nitrogen and oxygen atoms in total. The van der Waals surface area contributed by atoms with Crippen LogP contribution < -0.4 is 10.2 Å². The van der Waals surface area contributed by atoms with Crippen molar-refractivity contribution >= 4 is 11.9 Å². The maximum atomic E-state index is 12.5. The van der Waals surface area contributed by atoms with Crippen molar-refractivity contribution in [1.82, 2.24) is 19.8 Å². The van der Waals surface area contributed by atoms with Gasteiger partial charge in [-0.3, -0.25) is 4.79 Å². The Kier molecular flexibility index (Phi) is 6.50. The normalized spacial score (nSPS) is 15.1. The van der Waals surface area contributed by atoms with Gasteiger partial charge in [-0.05, 0) is 24.8 Å². The quantitative estimate of drug-likeness (QED) is 0.813. The zero-order valence-electron chi connectivity index (χ0n) is 16.7. The zero-order chi connectivity index (χ0) is 19.2. The molecule has 1 aromatic carbocycles. The van der Waals surface area contributed by atoms with Crippen LogP contribution in [0.15, 0.2) is 36.5 Å². The molecule has 3 rings (SSSR count). The molecule has 1 aliphatic heterocycles. The Labute approximate surface area is 162 Å². The summed E-state index contributed by atoms with van der Waals surface area (Å²) >= 11 is 0. The van der Waals surface area contributed by atoms with Crippen LogP contribution in [0.2, 0.25) is 0 Å². The van der Waals surface area contributed by atoms with Crippen LogP contribution >= 0.6 is 0 Å². The Morgan fingerprint density at radius 1 is 1.22 bits per heavy atom. The number of imidazole rings is 1. The van der Waals surface area contributed by atoms with Crippen molar-refractivity contribution in [3.8, 4) is 0 Å². The first-order valence-corrected chi connectivity index (χ1v) is 9.77. The molecule has 1 aliphatic rings. The molecule has 2 heterocycles. The van der Waals surface area contributed by atoms with Gasteiger partial charge < -0.3 is 19.7 Å². The van der Waals surface area contributed by atoms with E-state index in [1.54, 1.807) is 0 Å². The summed E-state index contributed by atoms with van der Waals surface area (Å²) in [6, 6.07) is 10.7. The fourth-order valence-electron chi connectivity index (χ4n) is 3.65. The first kappa shape index (κ1) is 19.4. The lowest BCUT2D eigenvalue weighted by molar-refractivity contribution is -0.132. The van der Waals surface area contributed by atoms with Gasteiger partial charge in [0.2, 0.25) is 11.9 Å². The van der Waals surface area contributed by atoms with Crippen LogP contribution in [0.1, 0.15) is 30.5 Å². The lowest BCUT2D eigenvalue weighted by Crippen LogP contribution is -2.44. The molecule has 146 valence electrons. The van der Waals surface area contributed by atoms with E-state index < -0.39 is 0 Å². The third-order valence-electron chi connectivity index (χ3n) is 5.35. The standard InChI is InChI=1S/C21H31N5O/c1-24(2)21-23-16-19(25(21)3)15-22-18-11-13-26(14-12-18)20(27)10-9-17-7-5-4-6-8-17/h4-8,16,18,22H,9-15H2,1-3H3. The number of aryl methyl sites for hydroxylation is 1. The Bertz CT molecular complexity index is 732. The van der Waals surface area contributed by atoms with E-state index in [1.165, 1.54) is 11.3 Å². The molecule has 1 saturated heterocycles. The number of carbonyl (C=O) groups excluding carboxylic acids is 1. The number of nitrogens with one attached hydrogen (secondary N) is 1. The van der Waals surface area contributed by atoms with E-state index in [0.29, 0.717) is 12.5 Å². The second kappa shape index (κ2) is 9.04. The van der Waals surface area contributed by atoms with Crippen LogP contribution in [0, 0.1) is 0 Å². The lowest BCUT2D eigenvalue weighted by Gasteiger charge is -2.32. The second-order valence-electron chi connectivity index (χ2n) is 7.52. The Hall–Kier alpha value is -2.34. The zero-order valence-corrected chi connectivity index (χ0v) is 16.7. The Morgan fingerprint density at radius 2 is 1.93 bits per heavy atom. The van der Waals surface area contributed by atoms with Crippen molar-refractivity contribution < 1.29 is 4.79 Å². The first-order chi connectivity index (χ1) is 13.0. The second-order valence-corrected chi connectivity index (χ2v) is 7.52. The number of hydrogen-bond acceptors (Lipinski definition) is 4. The summed E-state index contributed by atoms with van der Waals surface area (Å²) in [5.74, 6) is 1.24. The number of carbonyl (C=O) groups is 1. The van der Waals surface area contributed by atoms with Gasteiger partial charge in [-0.25, -0.2) is 4.98 Å². The molecular weight excluding hydrogens is 338 g/mol. The van der Waals surface area contributed by atoms with Crippen LogP contribution in [-0.2, 0) is 24.8 Å². The fourth-order valence-corrected chi connectivity index (χ4v) is 3.65. The summed E-state index contributed by atoms with van der Waals surface area (Å²) < 4.78 is 2.12. The molecule has 0 aliphatic carbocycles. The van der Waals surface area contributed by atoms with Gasteiger partial charge in [0, 0.05) is 53.2 Å². The SMILES string of the molecule is CN(C)c1ncc(CNC2CCN(C(=O)CCc3ccccc3)CC2)n1C. The van der Waals surface area contributed by atoms with E-state index in [0.717, 1.165) is 44.8 Å². The van der Waals surface area contributed by atoms with Gasteiger partial charge >= 0.3 is 0 Å². The summed E-state index contributed by atoms with van der Waals surface area (Å²) in [5, 5.41) is 3.63. The number of rotatable bonds is 7. The third kappa shape index (κ3) is 5.10. The predicted molar refractivity (Wildman–Crippen MR) is 109 cm³/mol. The number of amides is 1. The highest BCUT2D eigenvalue weighted by molar-refractivity contribution is 5.76. The maximum absolute atomic E-state index is 12.5. The van der Waals surface area contributed by atoms with E-state index in [2.05, 4.69) is 27.0 Å². The van der Waals surface area contributed by atoms with Crippen molar-refractivity contribution in [2.45, 2.75) is 38.3 Å². The van der Waals surface area contributed by atoms with Crippen molar-refractivity contribution in [3.05, 3.63) is 47.8 Å². The number of aromatic nitrogens is 2. The van der Waals surface area contributed by atoms with E-state index in [4.69, 9.17) is 0 Å². The third-order valence-corrected chi connectivity index (χ3v) is 5.35. The average molecular weight is 370 g/mol. The first-order valence-electron chi connectivity index (χ1n) is 9.77. The average Bonchev–Trinajstić information content (AvgIpc) is 3.06. The molecule has 27 heavy (non-hydrogen) atoms. The summed E-state index contributed by atoms with van der Waals surface area (Å²) in [4.78, 5) is 21.0. The van der Waals surface area contributed by atoms with E-state index in [9.17, 15) is 4.79 Å². The molecule has 0 radical (unpaired) electrons. The van der Waals surface area contributed by atoms with Gasteiger partial charge in [0.1, 0.15) is 0 Å². The molecular formula is C21H31N5O. The minimum atomic E-state index is 0.277. The smallest absolute Gasteiger partial charge is 0.222 e. The molecule has 1 aromatic heterocycles. The number of hydrogen-bond donors (Lipinski definition) is 1. The van der Waals surface area contributed by atoms with Crippen LogP contribution in [0.5, 0.6) is 0 Å². The Morgan fingerprint density at radius 3 is 2.56 bits per heavy atom. The van der Waals surface area contributed by atoms with E-state index in [-0.39, 0.29) is 5.91 Å². The van der Waals surface area contributed by atoms with Crippen LogP contribution in [0.25, 0.3) is 0 Å². The largest absolute Gasteiger partial charge is 0.348 e. The van der Waals surface area contributed by atoms with Crippen LogP contribution in [-0.4, -0.2) is 53.6 Å². The topological polar surface area (TPSA) is 53.4 Å². The highest BCUT2D eigenvalue weighted by Crippen LogP contribution is 2.15. The van der Waals surface area contributed by atoms with Gasteiger partial charge in [-0.1, -0.05) is 30.3 Å². The monoisotopic (exact) mass is 369 g/mol. The summed E-state index contributed by atoms with van der Waals surface area (Å²) in [7, 11) is 6.06. The predicted octanol–water partition coefficient (Wildman–Crippen LogP) is 2.20. The minimum Gasteiger partial charge on any atom is -0.348 e. The molecule has 2 aromatic rings. The van der Waals surface area contributed by atoms with Crippen LogP contribution in [0.4, 0.5) is 5.95 Å². The molecule has 0 saturated carbocycles. The molecule has 0 spiro atoms. The number of anilines is 1. The van der Waals surface area contributed by atoms with Gasteiger partial charge in [-0.2, -0.15) is 0 Å². The number of nitrogens with zero attached hydrogens (tertiary/aromatic N) is 4. The summed E-state index contributed by atoms with van der Waals surface area (Å²) in [5.41, 5.74) is 2.41. The molecule has 1 fully saturated rings.